The Morgan fingerprint density at radius 3 is 2.39 bits per heavy atom. The highest BCUT2D eigenvalue weighted by Crippen LogP contribution is 2.17. The van der Waals surface area contributed by atoms with E-state index >= 15 is 0 Å². The molecule has 23 heavy (non-hydrogen) atoms. The number of aromatic nitrogens is 2. The SMILES string of the molecule is O=C(CC(=O)N1CCN(c2ncccn2)CC1)NC1CCCC1. The molecule has 2 amide bonds. The molecule has 1 aliphatic carbocycles. The van der Waals surface area contributed by atoms with Crippen molar-refractivity contribution < 1.29 is 9.59 Å². The standard InChI is InChI=1S/C16H23N5O2/c22-14(19-13-4-1-2-5-13)12-15(23)20-8-10-21(11-9-20)16-17-6-3-7-18-16/h3,6-7,13H,1-2,4-5,8-12H2,(H,19,22). The van der Waals surface area contributed by atoms with Gasteiger partial charge < -0.3 is 15.1 Å². The van der Waals surface area contributed by atoms with Gasteiger partial charge >= 0.3 is 0 Å². The number of rotatable bonds is 4. The van der Waals surface area contributed by atoms with E-state index in [4.69, 9.17) is 0 Å². The van der Waals surface area contributed by atoms with E-state index in [1.165, 1.54) is 12.8 Å². The van der Waals surface area contributed by atoms with E-state index in [0.717, 1.165) is 12.8 Å². The van der Waals surface area contributed by atoms with Gasteiger partial charge in [0.15, 0.2) is 0 Å². The molecular weight excluding hydrogens is 294 g/mol. The molecule has 0 spiro atoms. The van der Waals surface area contributed by atoms with Crippen LogP contribution in [0.25, 0.3) is 0 Å². The molecule has 7 nitrogen and oxygen atoms in total. The Kier molecular flexibility index (Phi) is 5.05. The third kappa shape index (κ3) is 4.18. The van der Waals surface area contributed by atoms with Crippen LogP contribution in [0.2, 0.25) is 0 Å². The van der Waals surface area contributed by atoms with E-state index in [1.54, 1.807) is 23.4 Å². The summed E-state index contributed by atoms with van der Waals surface area (Å²) in [7, 11) is 0. The highest BCUT2D eigenvalue weighted by Gasteiger charge is 2.25. The third-order valence-corrected chi connectivity index (χ3v) is 4.50. The number of hydrogen-bond donors (Lipinski definition) is 1. The van der Waals surface area contributed by atoms with Crippen molar-refractivity contribution >= 4 is 17.8 Å². The monoisotopic (exact) mass is 317 g/mol. The molecule has 2 fully saturated rings. The number of carbonyl (C=O) groups is 2. The van der Waals surface area contributed by atoms with Crippen LogP contribution in [0.3, 0.4) is 0 Å². The lowest BCUT2D eigenvalue weighted by Crippen LogP contribution is -2.50. The zero-order chi connectivity index (χ0) is 16.1. The van der Waals surface area contributed by atoms with E-state index in [2.05, 4.69) is 20.2 Å². The fraction of sp³-hybridized carbons (Fsp3) is 0.625. The number of hydrogen-bond acceptors (Lipinski definition) is 5. The fourth-order valence-corrected chi connectivity index (χ4v) is 3.21. The van der Waals surface area contributed by atoms with Gasteiger partial charge in [-0.05, 0) is 18.9 Å². The van der Waals surface area contributed by atoms with Crippen molar-refractivity contribution in [3.05, 3.63) is 18.5 Å². The number of piperazine rings is 1. The van der Waals surface area contributed by atoms with Crippen LogP contribution in [0, 0.1) is 0 Å². The van der Waals surface area contributed by atoms with Crippen molar-refractivity contribution in [3.63, 3.8) is 0 Å². The Balaban J connectivity index is 1.43. The highest BCUT2D eigenvalue weighted by atomic mass is 16.2. The van der Waals surface area contributed by atoms with Gasteiger partial charge in [-0.25, -0.2) is 9.97 Å². The molecule has 3 rings (SSSR count). The molecule has 1 saturated carbocycles. The van der Waals surface area contributed by atoms with Gasteiger partial charge in [-0.15, -0.1) is 0 Å². The molecule has 2 aliphatic rings. The predicted molar refractivity (Wildman–Crippen MR) is 85.8 cm³/mol. The molecule has 0 bridgehead atoms. The average Bonchev–Trinajstić information content (AvgIpc) is 3.08. The van der Waals surface area contributed by atoms with Gasteiger partial charge in [-0.3, -0.25) is 9.59 Å². The molecule has 1 saturated heterocycles. The van der Waals surface area contributed by atoms with Crippen LogP contribution in [0.15, 0.2) is 18.5 Å². The lowest BCUT2D eigenvalue weighted by atomic mass is 10.2. The van der Waals surface area contributed by atoms with Crippen LogP contribution < -0.4 is 10.2 Å². The van der Waals surface area contributed by atoms with Gasteiger partial charge in [-0.2, -0.15) is 0 Å². The number of nitrogens with one attached hydrogen (secondary N) is 1. The van der Waals surface area contributed by atoms with Crippen LogP contribution in [0.5, 0.6) is 0 Å². The van der Waals surface area contributed by atoms with Crippen LogP contribution in [0.1, 0.15) is 32.1 Å². The molecule has 124 valence electrons. The minimum atomic E-state index is -0.143. The Bertz CT molecular complexity index is 537. The first kappa shape index (κ1) is 15.7. The predicted octanol–water partition coefficient (Wildman–Crippen LogP) is 0.574. The van der Waals surface area contributed by atoms with Crippen LogP contribution in [-0.4, -0.2) is 58.9 Å². The Hall–Kier alpha value is -2.18. The quantitative estimate of drug-likeness (QED) is 0.822. The molecule has 0 atom stereocenters. The Morgan fingerprint density at radius 1 is 1.09 bits per heavy atom. The summed E-state index contributed by atoms with van der Waals surface area (Å²) in [5, 5.41) is 2.97. The average molecular weight is 317 g/mol. The van der Waals surface area contributed by atoms with Gasteiger partial charge in [0, 0.05) is 44.6 Å². The first-order valence-corrected chi connectivity index (χ1v) is 8.31. The van der Waals surface area contributed by atoms with Gasteiger partial charge in [0.05, 0.1) is 0 Å². The second-order valence-corrected chi connectivity index (χ2v) is 6.14. The molecule has 7 heteroatoms. The number of nitrogens with zero attached hydrogens (tertiary/aromatic N) is 4. The smallest absolute Gasteiger partial charge is 0.232 e. The van der Waals surface area contributed by atoms with Gasteiger partial charge in [0.1, 0.15) is 6.42 Å². The molecule has 2 heterocycles. The van der Waals surface area contributed by atoms with E-state index in [0.29, 0.717) is 32.1 Å². The fourth-order valence-electron chi connectivity index (χ4n) is 3.21. The molecule has 0 unspecified atom stereocenters. The van der Waals surface area contributed by atoms with Crippen molar-refractivity contribution in [2.24, 2.45) is 0 Å². The van der Waals surface area contributed by atoms with E-state index < -0.39 is 0 Å². The minimum Gasteiger partial charge on any atom is -0.353 e. The van der Waals surface area contributed by atoms with Crippen molar-refractivity contribution in [3.8, 4) is 0 Å². The lowest BCUT2D eigenvalue weighted by Gasteiger charge is -2.34. The third-order valence-electron chi connectivity index (χ3n) is 4.50. The molecule has 1 aromatic rings. The van der Waals surface area contributed by atoms with Crippen LogP contribution in [0.4, 0.5) is 5.95 Å². The summed E-state index contributed by atoms with van der Waals surface area (Å²) in [6, 6.07) is 2.05. The van der Waals surface area contributed by atoms with E-state index in [1.807, 2.05) is 0 Å². The van der Waals surface area contributed by atoms with E-state index in [9.17, 15) is 9.59 Å². The largest absolute Gasteiger partial charge is 0.353 e. The second kappa shape index (κ2) is 7.39. The van der Waals surface area contributed by atoms with Gasteiger partial charge in [-0.1, -0.05) is 12.8 Å². The first-order valence-electron chi connectivity index (χ1n) is 8.31. The van der Waals surface area contributed by atoms with Crippen molar-refractivity contribution in [2.75, 3.05) is 31.1 Å². The van der Waals surface area contributed by atoms with Crippen LogP contribution in [-0.2, 0) is 9.59 Å². The Morgan fingerprint density at radius 2 is 1.74 bits per heavy atom. The first-order chi connectivity index (χ1) is 11.2. The molecular formula is C16H23N5O2. The van der Waals surface area contributed by atoms with Gasteiger partial charge in [0.25, 0.3) is 0 Å². The Labute approximate surface area is 136 Å². The molecule has 1 N–H and O–H groups in total. The van der Waals surface area contributed by atoms with Crippen molar-refractivity contribution in [1.82, 2.24) is 20.2 Å². The molecule has 0 aromatic carbocycles. The maximum atomic E-state index is 12.2. The summed E-state index contributed by atoms with van der Waals surface area (Å²) in [5.41, 5.74) is 0. The highest BCUT2D eigenvalue weighted by molar-refractivity contribution is 5.97. The zero-order valence-electron chi connectivity index (χ0n) is 13.3. The molecule has 1 aromatic heterocycles. The maximum absolute atomic E-state index is 12.2. The normalized spacial score (nSPS) is 19.0. The topological polar surface area (TPSA) is 78.4 Å². The maximum Gasteiger partial charge on any atom is 0.232 e. The molecule has 0 radical (unpaired) electrons. The summed E-state index contributed by atoms with van der Waals surface area (Å²) < 4.78 is 0. The van der Waals surface area contributed by atoms with E-state index in [-0.39, 0.29) is 24.3 Å². The lowest BCUT2D eigenvalue weighted by molar-refractivity contribution is -0.136. The summed E-state index contributed by atoms with van der Waals surface area (Å²) in [4.78, 5) is 36.5. The van der Waals surface area contributed by atoms with Crippen molar-refractivity contribution in [1.29, 1.82) is 0 Å². The number of amides is 2. The summed E-state index contributed by atoms with van der Waals surface area (Å²) in [6.07, 6.45) is 7.80. The number of anilines is 1. The van der Waals surface area contributed by atoms with Gasteiger partial charge in [0.2, 0.25) is 17.8 Å². The van der Waals surface area contributed by atoms with Crippen LogP contribution >= 0.6 is 0 Å². The van der Waals surface area contributed by atoms with Crippen molar-refractivity contribution in [2.45, 2.75) is 38.1 Å². The molecule has 1 aliphatic heterocycles. The zero-order valence-corrected chi connectivity index (χ0v) is 13.3. The minimum absolute atomic E-state index is 0.0433. The summed E-state index contributed by atoms with van der Waals surface area (Å²) in [6.45, 7) is 2.60. The number of carbonyl (C=O) groups excluding carboxylic acids is 2. The summed E-state index contributed by atoms with van der Waals surface area (Å²) in [5.74, 6) is 0.462. The second-order valence-electron chi connectivity index (χ2n) is 6.14. The summed E-state index contributed by atoms with van der Waals surface area (Å²) >= 11 is 0.